The third-order valence-corrected chi connectivity index (χ3v) is 3.44. The quantitative estimate of drug-likeness (QED) is 0.608. The van der Waals surface area contributed by atoms with Gasteiger partial charge in [0.15, 0.2) is 0 Å². The lowest BCUT2D eigenvalue weighted by Crippen LogP contribution is -2.39. The molecule has 1 aromatic carbocycles. The van der Waals surface area contributed by atoms with Gasteiger partial charge >= 0.3 is 0 Å². The van der Waals surface area contributed by atoms with E-state index in [1.165, 1.54) is 18.2 Å². The number of aromatic nitrogens is 2. The highest BCUT2D eigenvalue weighted by atomic mass is 19.1. The van der Waals surface area contributed by atoms with Crippen LogP contribution in [0.3, 0.4) is 0 Å². The van der Waals surface area contributed by atoms with E-state index in [9.17, 15) is 8.78 Å². The van der Waals surface area contributed by atoms with Gasteiger partial charge in [-0.05, 0) is 25.0 Å². The van der Waals surface area contributed by atoms with Gasteiger partial charge in [-0.1, -0.05) is 13.0 Å². The zero-order chi connectivity index (χ0) is 15.2. The van der Waals surface area contributed by atoms with Crippen molar-refractivity contribution in [2.24, 2.45) is 5.84 Å². The summed E-state index contributed by atoms with van der Waals surface area (Å²) in [5.41, 5.74) is 2.68. The van der Waals surface area contributed by atoms with Crippen molar-refractivity contribution in [3.63, 3.8) is 0 Å². The molecule has 0 amide bonds. The van der Waals surface area contributed by atoms with Gasteiger partial charge in [-0.3, -0.25) is 11.3 Å². The number of hydrogen-bond acceptors (Lipinski definition) is 3. The van der Waals surface area contributed by atoms with E-state index in [0.717, 1.165) is 18.8 Å². The molecule has 2 rings (SSSR count). The first kappa shape index (κ1) is 15.6. The Morgan fingerprint density at radius 3 is 2.62 bits per heavy atom. The highest BCUT2D eigenvalue weighted by Gasteiger charge is 2.17. The topological polar surface area (TPSA) is 55.9 Å². The number of benzene rings is 1. The zero-order valence-corrected chi connectivity index (χ0v) is 12.0. The summed E-state index contributed by atoms with van der Waals surface area (Å²) >= 11 is 0. The molecule has 1 atom stereocenters. The minimum absolute atomic E-state index is 0.0500. The van der Waals surface area contributed by atoms with Gasteiger partial charge in [-0.2, -0.15) is 0 Å². The largest absolute Gasteiger partial charge is 0.335 e. The molecule has 0 saturated heterocycles. The molecule has 0 aliphatic rings. The molecule has 1 aromatic heterocycles. The molecule has 1 heterocycles. The number of hydrazine groups is 1. The molecule has 21 heavy (non-hydrogen) atoms. The summed E-state index contributed by atoms with van der Waals surface area (Å²) in [7, 11) is 0. The Balaban J connectivity index is 2.11. The summed E-state index contributed by atoms with van der Waals surface area (Å²) in [4.78, 5) is 4.29. The van der Waals surface area contributed by atoms with E-state index in [2.05, 4.69) is 17.3 Å². The summed E-state index contributed by atoms with van der Waals surface area (Å²) in [6, 6.07) is 3.58. The van der Waals surface area contributed by atoms with Gasteiger partial charge in [-0.15, -0.1) is 0 Å². The molecular formula is C15H20F2N4. The molecule has 0 fully saturated rings. The van der Waals surface area contributed by atoms with Gasteiger partial charge in [0.1, 0.15) is 17.5 Å². The second-order valence-electron chi connectivity index (χ2n) is 5.01. The van der Waals surface area contributed by atoms with Crippen LogP contribution in [0.25, 0.3) is 0 Å². The lowest BCUT2D eigenvalue weighted by molar-refractivity contribution is 0.468. The Morgan fingerprint density at radius 2 is 2.00 bits per heavy atom. The summed E-state index contributed by atoms with van der Waals surface area (Å²) in [6.45, 7) is 2.94. The van der Waals surface area contributed by atoms with Crippen molar-refractivity contribution in [3.05, 3.63) is 53.6 Å². The summed E-state index contributed by atoms with van der Waals surface area (Å²) in [5, 5.41) is 0. The van der Waals surface area contributed by atoms with Crippen molar-refractivity contribution in [2.45, 2.75) is 38.8 Å². The van der Waals surface area contributed by atoms with E-state index in [1.807, 2.05) is 10.8 Å². The normalized spacial score (nSPS) is 12.6. The van der Waals surface area contributed by atoms with Crippen LogP contribution in [0.2, 0.25) is 0 Å². The van der Waals surface area contributed by atoms with E-state index in [0.29, 0.717) is 6.42 Å². The molecule has 6 heteroatoms. The second kappa shape index (κ2) is 7.28. The third kappa shape index (κ3) is 3.86. The molecule has 0 spiro atoms. The van der Waals surface area contributed by atoms with Crippen LogP contribution in [0.1, 0.15) is 24.7 Å². The summed E-state index contributed by atoms with van der Waals surface area (Å²) < 4.78 is 29.4. The molecule has 1 unspecified atom stereocenters. The monoisotopic (exact) mass is 294 g/mol. The van der Waals surface area contributed by atoms with Crippen LogP contribution in [0, 0.1) is 11.6 Å². The number of nitrogens with one attached hydrogen (secondary N) is 1. The van der Waals surface area contributed by atoms with Gasteiger partial charge in [0.2, 0.25) is 0 Å². The van der Waals surface area contributed by atoms with Crippen molar-refractivity contribution < 1.29 is 8.78 Å². The SMILES string of the molecule is CCCn1ccnc1CC(Cc1c(F)cccc1F)NN. The Kier molecular flexibility index (Phi) is 5.41. The predicted molar refractivity (Wildman–Crippen MR) is 77.4 cm³/mol. The fourth-order valence-electron chi connectivity index (χ4n) is 2.36. The number of imidazole rings is 1. The number of hydrogen-bond donors (Lipinski definition) is 2. The van der Waals surface area contributed by atoms with Crippen LogP contribution in [0.15, 0.2) is 30.6 Å². The van der Waals surface area contributed by atoms with Gasteiger partial charge < -0.3 is 4.57 Å². The number of aryl methyl sites for hydroxylation is 1. The van der Waals surface area contributed by atoms with Crippen molar-refractivity contribution in [2.75, 3.05) is 0 Å². The van der Waals surface area contributed by atoms with Crippen molar-refractivity contribution in [1.82, 2.24) is 15.0 Å². The number of rotatable bonds is 7. The third-order valence-electron chi connectivity index (χ3n) is 3.44. The molecule has 3 N–H and O–H groups in total. The maximum atomic E-state index is 13.7. The van der Waals surface area contributed by atoms with Crippen LogP contribution >= 0.6 is 0 Å². The first-order valence-electron chi connectivity index (χ1n) is 7.04. The van der Waals surface area contributed by atoms with E-state index < -0.39 is 11.6 Å². The van der Waals surface area contributed by atoms with Crippen molar-refractivity contribution in [1.29, 1.82) is 0 Å². The number of nitrogens with zero attached hydrogens (tertiary/aromatic N) is 2. The van der Waals surface area contributed by atoms with Crippen LogP contribution in [0.5, 0.6) is 0 Å². The fraction of sp³-hybridized carbons (Fsp3) is 0.400. The van der Waals surface area contributed by atoms with Crippen LogP contribution < -0.4 is 11.3 Å². The van der Waals surface area contributed by atoms with Gasteiger partial charge in [0.25, 0.3) is 0 Å². The number of nitrogens with two attached hydrogens (primary N) is 1. The highest BCUT2D eigenvalue weighted by molar-refractivity contribution is 5.21. The van der Waals surface area contributed by atoms with E-state index in [-0.39, 0.29) is 18.0 Å². The van der Waals surface area contributed by atoms with E-state index in [4.69, 9.17) is 5.84 Å². The van der Waals surface area contributed by atoms with E-state index in [1.54, 1.807) is 6.20 Å². The van der Waals surface area contributed by atoms with Crippen molar-refractivity contribution >= 4 is 0 Å². The molecule has 4 nitrogen and oxygen atoms in total. The minimum Gasteiger partial charge on any atom is -0.335 e. The maximum absolute atomic E-state index is 13.7. The first-order valence-corrected chi connectivity index (χ1v) is 7.04. The molecule has 0 aliphatic carbocycles. The van der Waals surface area contributed by atoms with Gasteiger partial charge in [-0.25, -0.2) is 13.8 Å². The van der Waals surface area contributed by atoms with Gasteiger partial charge in [0, 0.05) is 37.0 Å². The lowest BCUT2D eigenvalue weighted by atomic mass is 10.0. The average Bonchev–Trinajstić information content (AvgIpc) is 2.89. The summed E-state index contributed by atoms with van der Waals surface area (Å²) in [6.07, 6.45) is 5.30. The van der Waals surface area contributed by atoms with Gasteiger partial charge in [0.05, 0.1) is 0 Å². The predicted octanol–water partition coefficient (Wildman–Crippen LogP) is 2.19. The summed E-state index contributed by atoms with van der Waals surface area (Å²) in [5.74, 6) is 5.29. The minimum atomic E-state index is -0.549. The maximum Gasteiger partial charge on any atom is 0.129 e. The average molecular weight is 294 g/mol. The number of halogens is 2. The smallest absolute Gasteiger partial charge is 0.129 e. The van der Waals surface area contributed by atoms with Crippen LogP contribution in [-0.2, 0) is 19.4 Å². The molecule has 0 aliphatic heterocycles. The molecule has 2 aromatic rings. The molecule has 0 radical (unpaired) electrons. The highest BCUT2D eigenvalue weighted by Crippen LogP contribution is 2.15. The van der Waals surface area contributed by atoms with Crippen LogP contribution in [0.4, 0.5) is 8.78 Å². The molecule has 114 valence electrons. The fourth-order valence-corrected chi connectivity index (χ4v) is 2.36. The second-order valence-corrected chi connectivity index (χ2v) is 5.01. The zero-order valence-electron chi connectivity index (χ0n) is 12.0. The van der Waals surface area contributed by atoms with Crippen molar-refractivity contribution in [3.8, 4) is 0 Å². The molecule has 0 bridgehead atoms. The Labute approximate surface area is 123 Å². The Bertz CT molecular complexity index is 563. The molecule has 0 saturated carbocycles. The lowest BCUT2D eigenvalue weighted by Gasteiger charge is -2.17. The Hall–Kier alpha value is -1.79. The van der Waals surface area contributed by atoms with E-state index >= 15 is 0 Å². The first-order chi connectivity index (χ1) is 10.2. The molecular weight excluding hydrogens is 274 g/mol. The Morgan fingerprint density at radius 1 is 1.29 bits per heavy atom. The standard InChI is InChI=1S/C15H20F2N4/c1-2-7-21-8-6-19-15(21)10-11(20-18)9-12-13(16)4-3-5-14(12)17/h3-6,8,11,20H,2,7,9-10,18H2,1H3. The van der Waals surface area contributed by atoms with Crippen LogP contribution in [-0.4, -0.2) is 15.6 Å².